The van der Waals surface area contributed by atoms with Crippen LogP contribution >= 0.6 is 0 Å². The van der Waals surface area contributed by atoms with Gasteiger partial charge in [0.2, 0.25) is 0 Å². The van der Waals surface area contributed by atoms with Crippen molar-refractivity contribution in [3.05, 3.63) is 6.54 Å². The normalized spacial score (nSPS) is 22.1. The van der Waals surface area contributed by atoms with Crippen molar-refractivity contribution in [1.82, 2.24) is 4.90 Å². The van der Waals surface area contributed by atoms with E-state index in [0.717, 1.165) is 0 Å². The standard InChI is InChI=1S/C6H9F3NO/c7-6(8,9)5-10-1-3-11-4-2-10/h1H,2-5H2. The van der Waals surface area contributed by atoms with Crippen LogP contribution in [0, 0.1) is 6.54 Å². The Morgan fingerprint density at radius 3 is 2.64 bits per heavy atom. The Hall–Kier alpha value is -0.290. The maximum absolute atomic E-state index is 11.7. The van der Waals surface area contributed by atoms with Gasteiger partial charge in [0, 0.05) is 6.54 Å². The lowest BCUT2D eigenvalue weighted by Crippen LogP contribution is -2.38. The minimum atomic E-state index is -4.10. The maximum Gasteiger partial charge on any atom is 0.401 e. The number of halogens is 3. The third-order valence-electron chi connectivity index (χ3n) is 1.36. The van der Waals surface area contributed by atoms with Crippen LogP contribution in [0.3, 0.4) is 0 Å². The highest BCUT2D eigenvalue weighted by Crippen LogP contribution is 2.17. The van der Waals surface area contributed by atoms with Gasteiger partial charge in [-0.1, -0.05) is 0 Å². The maximum atomic E-state index is 11.7. The molecule has 1 aliphatic rings. The summed E-state index contributed by atoms with van der Waals surface area (Å²) >= 11 is 0. The lowest BCUT2D eigenvalue weighted by atomic mass is 10.4. The van der Waals surface area contributed by atoms with Crippen LogP contribution in [0.2, 0.25) is 0 Å². The second-order valence-electron chi connectivity index (χ2n) is 2.34. The van der Waals surface area contributed by atoms with Crippen molar-refractivity contribution in [1.29, 1.82) is 0 Å². The fourth-order valence-electron chi connectivity index (χ4n) is 0.888. The summed E-state index contributed by atoms with van der Waals surface area (Å²) in [5, 5.41) is 0. The molecule has 0 aromatic heterocycles. The van der Waals surface area contributed by atoms with Crippen LogP contribution in [0.5, 0.6) is 0 Å². The Balaban J connectivity index is 2.24. The molecule has 0 spiro atoms. The summed E-state index contributed by atoms with van der Waals surface area (Å²) in [5.74, 6) is 0. The third kappa shape index (κ3) is 3.57. The molecule has 0 aromatic carbocycles. The summed E-state index contributed by atoms with van der Waals surface area (Å²) in [7, 11) is 0. The van der Waals surface area contributed by atoms with E-state index in [1.165, 1.54) is 11.4 Å². The van der Waals surface area contributed by atoms with Crippen molar-refractivity contribution in [2.24, 2.45) is 0 Å². The zero-order valence-corrected chi connectivity index (χ0v) is 5.90. The van der Waals surface area contributed by atoms with Crippen LogP contribution in [0.1, 0.15) is 0 Å². The highest BCUT2D eigenvalue weighted by Gasteiger charge is 2.31. The predicted molar refractivity (Wildman–Crippen MR) is 32.7 cm³/mol. The van der Waals surface area contributed by atoms with Gasteiger partial charge in [0.1, 0.15) is 0 Å². The summed E-state index contributed by atoms with van der Waals surface area (Å²) in [6.45, 7) is 1.57. The van der Waals surface area contributed by atoms with Crippen LogP contribution in [-0.4, -0.2) is 37.4 Å². The number of nitrogens with zero attached hydrogens (tertiary/aromatic N) is 1. The minimum Gasteiger partial charge on any atom is -0.378 e. The van der Waals surface area contributed by atoms with Gasteiger partial charge in [-0.05, 0) is 0 Å². The average molecular weight is 168 g/mol. The van der Waals surface area contributed by atoms with Gasteiger partial charge in [-0.15, -0.1) is 0 Å². The molecule has 2 nitrogen and oxygen atoms in total. The summed E-state index contributed by atoms with van der Waals surface area (Å²) in [6.07, 6.45) is -4.10. The summed E-state index contributed by atoms with van der Waals surface area (Å²) in [5.41, 5.74) is 0. The van der Waals surface area contributed by atoms with Gasteiger partial charge in [-0.2, -0.15) is 13.2 Å². The molecule has 1 rings (SSSR count). The molecule has 0 bridgehead atoms. The Bertz CT molecular complexity index is 119. The minimum absolute atomic E-state index is 0.288. The molecule has 1 aliphatic heterocycles. The Kier molecular flexibility index (Phi) is 2.72. The van der Waals surface area contributed by atoms with E-state index in [4.69, 9.17) is 4.74 Å². The first kappa shape index (κ1) is 8.80. The van der Waals surface area contributed by atoms with E-state index < -0.39 is 12.7 Å². The van der Waals surface area contributed by atoms with E-state index >= 15 is 0 Å². The van der Waals surface area contributed by atoms with Crippen LogP contribution in [0.25, 0.3) is 0 Å². The topological polar surface area (TPSA) is 12.5 Å². The highest BCUT2D eigenvalue weighted by atomic mass is 19.4. The number of hydrogen-bond donors (Lipinski definition) is 0. The molecule has 0 unspecified atom stereocenters. The van der Waals surface area contributed by atoms with Crippen molar-refractivity contribution in [3.8, 4) is 0 Å². The van der Waals surface area contributed by atoms with Crippen molar-refractivity contribution in [3.63, 3.8) is 0 Å². The molecule has 1 radical (unpaired) electrons. The largest absolute Gasteiger partial charge is 0.401 e. The first-order valence-electron chi connectivity index (χ1n) is 3.30. The zero-order valence-electron chi connectivity index (χ0n) is 5.90. The predicted octanol–water partition coefficient (Wildman–Crippen LogP) is 1.04. The van der Waals surface area contributed by atoms with Crippen molar-refractivity contribution in [2.45, 2.75) is 6.18 Å². The molecule has 65 valence electrons. The first-order valence-corrected chi connectivity index (χ1v) is 3.30. The summed E-state index contributed by atoms with van der Waals surface area (Å²) in [4.78, 5) is 1.23. The molecule has 0 N–H and O–H groups in total. The van der Waals surface area contributed by atoms with Gasteiger partial charge in [0.05, 0.1) is 26.3 Å². The third-order valence-corrected chi connectivity index (χ3v) is 1.36. The van der Waals surface area contributed by atoms with E-state index in [1.54, 1.807) is 0 Å². The Labute approximate surface area is 62.9 Å². The molecule has 1 saturated heterocycles. The highest BCUT2D eigenvalue weighted by molar-refractivity contribution is 4.74. The van der Waals surface area contributed by atoms with E-state index in [2.05, 4.69) is 0 Å². The number of rotatable bonds is 1. The van der Waals surface area contributed by atoms with Crippen LogP contribution < -0.4 is 0 Å². The molecular formula is C6H9F3NO. The molecular weight excluding hydrogens is 159 g/mol. The van der Waals surface area contributed by atoms with Crippen LogP contribution in [0.15, 0.2) is 0 Å². The average Bonchev–Trinajstić information content (AvgIpc) is 1.85. The monoisotopic (exact) mass is 168 g/mol. The Morgan fingerprint density at radius 1 is 1.45 bits per heavy atom. The summed E-state index contributed by atoms with van der Waals surface area (Å²) < 4.78 is 40.1. The van der Waals surface area contributed by atoms with Gasteiger partial charge in [0.15, 0.2) is 0 Å². The van der Waals surface area contributed by atoms with E-state index in [9.17, 15) is 13.2 Å². The Morgan fingerprint density at radius 2 is 2.18 bits per heavy atom. The molecule has 0 atom stereocenters. The van der Waals surface area contributed by atoms with Crippen molar-refractivity contribution in [2.75, 3.05) is 26.3 Å². The van der Waals surface area contributed by atoms with Gasteiger partial charge in [0.25, 0.3) is 0 Å². The molecule has 0 aromatic rings. The smallest absolute Gasteiger partial charge is 0.378 e. The van der Waals surface area contributed by atoms with Gasteiger partial charge >= 0.3 is 6.18 Å². The van der Waals surface area contributed by atoms with Crippen LogP contribution in [-0.2, 0) is 4.74 Å². The molecule has 11 heavy (non-hydrogen) atoms. The fourth-order valence-corrected chi connectivity index (χ4v) is 0.888. The second kappa shape index (κ2) is 3.40. The summed E-state index contributed by atoms with van der Waals surface area (Å²) in [6, 6.07) is 0. The number of morpholine rings is 1. The van der Waals surface area contributed by atoms with E-state index in [0.29, 0.717) is 13.2 Å². The number of hydrogen-bond acceptors (Lipinski definition) is 2. The SMILES string of the molecule is FC(F)(F)CN1[CH]COCC1. The quantitative estimate of drug-likeness (QED) is 0.580. The molecule has 0 amide bonds. The molecule has 0 aliphatic carbocycles. The van der Waals surface area contributed by atoms with Crippen molar-refractivity contribution < 1.29 is 17.9 Å². The fraction of sp³-hybridized carbons (Fsp3) is 0.833. The number of alkyl halides is 3. The van der Waals surface area contributed by atoms with Gasteiger partial charge in [-0.25, -0.2) is 0 Å². The molecule has 1 heterocycles. The lowest BCUT2D eigenvalue weighted by Gasteiger charge is -2.26. The second-order valence-corrected chi connectivity index (χ2v) is 2.34. The van der Waals surface area contributed by atoms with Crippen molar-refractivity contribution >= 4 is 0 Å². The van der Waals surface area contributed by atoms with E-state index in [-0.39, 0.29) is 6.61 Å². The number of ether oxygens (including phenoxy) is 1. The van der Waals surface area contributed by atoms with Gasteiger partial charge in [-0.3, -0.25) is 4.90 Å². The molecule has 0 saturated carbocycles. The van der Waals surface area contributed by atoms with Crippen LogP contribution in [0.4, 0.5) is 13.2 Å². The zero-order chi connectivity index (χ0) is 8.32. The molecule has 1 fully saturated rings. The van der Waals surface area contributed by atoms with Gasteiger partial charge < -0.3 is 4.74 Å². The lowest BCUT2D eigenvalue weighted by molar-refractivity contribution is -0.148. The van der Waals surface area contributed by atoms with E-state index in [1.807, 2.05) is 0 Å². The first-order chi connectivity index (χ1) is 5.08. The molecule has 5 heteroatoms.